The number of imide groups is 1. The molecule has 4 amide bonds. The first-order valence-electron chi connectivity index (χ1n) is 11.2. The van der Waals surface area contributed by atoms with Crippen molar-refractivity contribution in [3.05, 3.63) is 53.3 Å². The summed E-state index contributed by atoms with van der Waals surface area (Å²) >= 11 is 0. The molecular weight excluding hydrogens is 459 g/mol. The van der Waals surface area contributed by atoms with Gasteiger partial charge < -0.3 is 20.5 Å². The number of hydrogen-bond acceptors (Lipinski definition) is 7. The number of hydrogen-bond donors (Lipinski definition) is 3. The maximum atomic E-state index is 14.3. The molecule has 0 unspecified atom stereocenters. The number of nitrogens with two attached hydrogens (primary N) is 1. The van der Waals surface area contributed by atoms with Gasteiger partial charge in [0.05, 0.1) is 18.4 Å². The van der Waals surface area contributed by atoms with Crippen molar-refractivity contribution in [1.29, 1.82) is 0 Å². The molecule has 6 rings (SSSR count). The predicted molar refractivity (Wildman–Crippen MR) is 117 cm³/mol. The summed E-state index contributed by atoms with van der Waals surface area (Å²) in [7, 11) is 0. The summed E-state index contributed by atoms with van der Waals surface area (Å²) in [5.41, 5.74) is 4.98. The number of carbonyl (C=O) groups excluding carboxylic acids is 4. The zero-order valence-electron chi connectivity index (χ0n) is 18.4. The number of likely N-dealkylation sites (tertiary alicyclic amines) is 1. The second-order valence-electron chi connectivity index (χ2n) is 9.16. The summed E-state index contributed by atoms with van der Waals surface area (Å²) in [5, 5.41) is 5.86. The molecule has 4 atom stereocenters. The Bertz CT molecular complexity index is 1310. The lowest BCUT2D eigenvalue weighted by molar-refractivity contribution is -0.143. The fourth-order valence-corrected chi connectivity index (χ4v) is 5.76. The smallest absolute Gasteiger partial charge is 0.250 e. The third-order valence-electron chi connectivity index (χ3n) is 7.25. The number of ether oxygens (including phenoxy) is 2. The average Bonchev–Trinajstić information content (AvgIpc) is 3.55. The normalized spacial score (nSPS) is 28.0. The van der Waals surface area contributed by atoms with Crippen LogP contribution in [0.25, 0.3) is 0 Å². The van der Waals surface area contributed by atoms with Crippen LogP contribution in [0.3, 0.4) is 0 Å². The Morgan fingerprint density at radius 2 is 1.91 bits per heavy atom. The summed E-state index contributed by atoms with van der Waals surface area (Å²) in [5.74, 6) is -3.64. The van der Waals surface area contributed by atoms with E-state index in [1.54, 1.807) is 18.2 Å². The molecule has 0 aliphatic carbocycles. The maximum Gasteiger partial charge on any atom is 0.250 e. The van der Waals surface area contributed by atoms with Crippen LogP contribution in [0.4, 0.5) is 10.1 Å². The summed E-state index contributed by atoms with van der Waals surface area (Å²) in [6, 6.07) is 8.28. The Morgan fingerprint density at radius 1 is 1.11 bits per heavy atom. The number of amides is 4. The predicted octanol–water partition coefficient (Wildman–Crippen LogP) is 0.740. The van der Waals surface area contributed by atoms with Gasteiger partial charge in [-0.25, -0.2) is 4.39 Å². The number of anilines is 1. The summed E-state index contributed by atoms with van der Waals surface area (Å²) in [6.45, 7) is 0.0584. The van der Waals surface area contributed by atoms with E-state index in [2.05, 4.69) is 10.6 Å². The molecule has 4 N–H and O–H groups in total. The van der Waals surface area contributed by atoms with Gasteiger partial charge >= 0.3 is 0 Å². The van der Waals surface area contributed by atoms with E-state index < -0.39 is 52.9 Å². The summed E-state index contributed by atoms with van der Waals surface area (Å²) in [6.07, 6.45) is 0.102. The lowest BCUT2D eigenvalue weighted by Gasteiger charge is -2.29. The number of rotatable bonds is 5. The fraction of sp³-hybridized carbons (Fsp3) is 0.333. The second kappa shape index (κ2) is 7.51. The van der Waals surface area contributed by atoms with E-state index in [1.807, 2.05) is 0 Å². The minimum Gasteiger partial charge on any atom is -0.454 e. The first-order chi connectivity index (χ1) is 16.8. The van der Waals surface area contributed by atoms with Gasteiger partial charge in [-0.15, -0.1) is 0 Å². The summed E-state index contributed by atoms with van der Waals surface area (Å²) in [4.78, 5) is 53.3. The van der Waals surface area contributed by atoms with Gasteiger partial charge in [0.25, 0.3) is 0 Å². The third kappa shape index (κ3) is 3.04. The van der Waals surface area contributed by atoms with Crippen LogP contribution in [0.1, 0.15) is 24.0 Å². The van der Waals surface area contributed by atoms with Crippen molar-refractivity contribution in [3.63, 3.8) is 0 Å². The van der Waals surface area contributed by atoms with E-state index in [0.717, 1.165) is 4.90 Å². The zero-order chi connectivity index (χ0) is 24.5. The van der Waals surface area contributed by atoms with Gasteiger partial charge in [0.2, 0.25) is 30.4 Å². The van der Waals surface area contributed by atoms with Gasteiger partial charge in [-0.1, -0.05) is 6.07 Å². The lowest BCUT2D eigenvalue weighted by atomic mass is 9.76. The minimum atomic E-state index is -1.64. The van der Waals surface area contributed by atoms with Gasteiger partial charge in [-0.3, -0.25) is 29.4 Å². The van der Waals surface area contributed by atoms with Gasteiger partial charge in [-0.05, 0) is 42.3 Å². The molecule has 4 aliphatic heterocycles. The first-order valence-corrected chi connectivity index (χ1v) is 11.2. The molecule has 35 heavy (non-hydrogen) atoms. The van der Waals surface area contributed by atoms with E-state index in [4.69, 9.17) is 15.2 Å². The van der Waals surface area contributed by atoms with Crippen LogP contribution in [0.2, 0.25) is 0 Å². The van der Waals surface area contributed by atoms with E-state index in [9.17, 15) is 23.6 Å². The lowest BCUT2D eigenvalue weighted by Crippen LogP contribution is -2.53. The fourth-order valence-electron chi connectivity index (χ4n) is 5.76. The molecule has 4 heterocycles. The Kier molecular flexibility index (Phi) is 4.62. The van der Waals surface area contributed by atoms with Gasteiger partial charge in [-0.2, -0.15) is 0 Å². The number of fused-ring (bicyclic) bond motifs is 5. The highest BCUT2D eigenvalue weighted by Crippen LogP contribution is 2.53. The molecule has 0 aromatic heterocycles. The maximum absolute atomic E-state index is 14.3. The van der Waals surface area contributed by atoms with Crippen molar-refractivity contribution in [2.24, 2.45) is 17.6 Å². The van der Waals surface area contributed by atoms with Crippen LogP contribution in [0.5, 0.6) is 11.5 Å². The molecule has 1 spiro atoms. The Labute approximate surface area is 198 Å². The quantitative estimate of drug-likeness (QED) is 0.536. The average molecular weight is 480 g/mol. The van der Waals surface area contributed by atoms with E-state index in [0.29, 0.717) is 22.7 Å². The number of benzene rings is 2. The highest BCUT2D eigenvalue weighted by molar-refractivity contribution is 6.15. The second-order valence-corrected chi connectivity index (χ2v) is 9.16. The third-order valence-corrected chi connectivity index (χ3v) is 7.25. The molecule has 2 saturated heterocycles. The molecule has 11 heteroatoms. The van der Waals surface area contributed by atoms with Crippen molar-refractivity contribution in [2.75, 3.05) is 12.1 Å². The molecule has 2 fully saturated rings. The van der Waals surface area contributed by atoms with Crippen molar-refractivity contribution in [1.82, 2.24) is 10.2 Å². The molecule has 180 valence electrons. The van der Waals surface area contributed by atoms with Crippen LogP contribution in [0, 0.1) is 17.7 Å². The van der Waals surface area contributed by atoms with Crippen LogP contribution < -0.4 is 25.8 Å². The zero-order valence-corrected chi connectivity index (χ0v) is 18.4. The van der Waals surface area contributed by atoms with Gasteiger partial charge in [0.15, 0.2) is 11.5 Å². The monoisotopic (exact) mass is 480 g/mol. The Balaban J connectivity index is 1.40. The number of carbonyl (C=O) groups is 4. The number of nitrogens with zero attached hydrogens (tertiary/aromatic N) is 1. The van der Waals surface area contributed by atoms with E-state index >= 15 is 0 Å². The molecule has 10 nitrogen and oxygen atoms in total. The van der Waals surface area contributed by atoms with Crippen LogP contribution in [-0.2, 0) is 31.3 Å². The van der Waals surface area contributed by atoms with Crippen molar-refractivity contribution >= 4 is 29.3 Å². The van der Waals surface area contributed by atoms with Gasteiger partial charge in [0.1, 0.15) is 11.4 Å². The molecule has 0 saturated carbocycles. The Morgan fingerprint density at radius 3 is 2.71 bits per heavy atom. The minimum absolute atomic E-state index is 0.0302. The SMILES string of the molecule is NC(=O)CC[C@@H]1N[C@]2(C(=O)Nc3ccc(F)cc32)[C@@H]2C(=O)N(Cc3ccc4c(c3)OCO4)C(=O)[C@H]12. The molecule has 2 aromatic carbocycles. The topological polar surface area (TPSA) is 140 Å². The highest BCUT2D eigenvalue weighted by Gasteiger charge is 2.70. The highest BCUT2D eigenvalue weighted by atomic mass is 19.1. The standard InChI is InChI=1S/C24H21FN4O6/c25-12-2-3-14-13(8-12)24(23(33)27-14)20-19(15(28-24)4-6-18(26)30)21(31)29(22(20)32)9-11-1-5-16-17(7-11)35-10-34-16/h1-3,5,7-8,15,19-20,28H,4,6,9-10H2,(H2,26,30)(H,27,33)/t15-,19+,20-,24-/m0/s1. The molecule has 0 bridgehead atoms. The summed E-state index contributed by atoms with van der Waals surface area (Å²) < 4.78 is 25.0. The van der Waals surface area contributed by atoms with E-state index in [-0.39, 0.29) is 31.7 Å². The number of primary amides is 1. The molecule has 4 aliphatic rings. The molecule has 0 radical (unpaired) electrons. The number of nitrogens with one attached hydrogen (secondary N) is 2. The van der Waals surface area contributed by atoms with Crippen LogP contribution in [0.15, 0.2) is 36.4 Å². The van der Waals surface area contributed by atoms with Crippen molar-refractivity contribution in [2.45, 2.75) is 31.0 Å². The molecular formula is C24H21FN4O6. The largest absolute Gasteiger partial charge is 0.454 e. The van der Waals surface area contributed by atoms with Crippen LogP contribution in [-0.4, -0.2) is 41.4 Å². The number of halogens is 1. The Hall–Kier alpha value is -3.99. The van der Waals surface area contributed by atoms with Crippen molar-refractivity contribution < 1.29 is 33.0 Å². The first kappa shape index (κ1) is 21.5. The molecule has 2 aromatic rings. The van der Waals surface area contributed by atoms with Gasteiger partial charge in [0, 0.05) is 23.7 Å². The van der Waals surface area contributed by atoms with Crippen molar-refractivity contribution in [3.8, 4) is 11.5 Å². The van der Waals surface area contributed by atoms with E-state index in [1.165, 1.54) is 18.2 Å². The van der Waals surface area contributed by atoms with Crippen LogP contribution >= 0.6 is 0 Å².